The van der Waals surface area contributed by atoms with Crippen molar-refractivity contribution in [3.63, 3.8) is 0 Å². The van der Waals surface area contributed by atoms with Crippen LogP contribution in [0.5, 0.6) is 0 Å². The molecule has 0 amide bonds. The van der Waals surface area contributed by atoms with Gasteiger partial charge in [0, 0.05) is 16.9 Å². The number of carbonyl (C=O) groups excluding carboxylic acids is 2. The number of benzene rings is 1. The molecule has 0 bridgehead atoms. The van der Waals surface area contributed by atoms with Crippen LogP contribution >= 0.6 is 11.8 Å². The van der Waals surface area contributed by atoms with Crippen molar-refractivity contribution in [1.82, 2.24) is 0 Å². The summed E-state index contributed by atoms with van der Waals surface area (Å²) >= 11 is 1.37. The molecule has 0 atom stereocenters. The minimum atomic E-state index is 0.0962. The third-order valence-electron chi connectivity index (χ3n) is 2.51. The van der Waals surface area contributed by atoms with Crippen LogP contribution in [-0.2, 0) is 0 Å². The predicted molar refractivity (Wildman–Crippen MR) is 72.8 cm³/mol. The van der Waals surface area contributed by atoms with Crippen LogP contribution in [0, 0.1) is 0 Å². The number of aldehydes is 1. The number of thioether (sulfide) groups is 1. The molecule has 0 N–H and O–H groups in total. The van der Waals surface area contributed by atoms with Crippen molar-refractivity contribution in [1.29, 1.82) is 0 Å². The van der Waals surface area contributed by atoms with Gasteiger partial charge in [-0.05, 0) is 18.6 Å². The molecule has 0 spiro atoms. The van der Waals surface area contributed by atoms with E-state index < -0.39 is 0 Å². The summed E-state index contributed by atoms with van der Waals surface area (Å²) in [6.07, 6.45) is 5.53. The Hall–Kier alpha value is -1.09. The van der Waals surface area contributed by atoms with Crippen molar-refractivity contribution in [2.45, 2.75) is 32.6 Å². The van der Waals surface area contributed by atoms with Gasteiger partial charge in [-0.2, -0.15) is 0 Å². The molecule has 1 aromatic rings. The molecule has 1 rings (SSSR count). The number of hydrogen-bond acceptors (Lipinski definition) is 3. The Bertz CT molecular complexity index is 357. The highest BCUT2D eigenvalue weighted by Crippen LogP contribution is 2.15. The first kappa shape index (κ1) is 14.0. The van der Waals surface area contributed by atoms with E-state index in [0.717, 1.165) is 18.5 Å². The van der Waals surface area contributed by atoms with Crippen LogP contribution in [0.3, 0.4) is 0 Å². The molecule has 92 valence electrons. The highest BCUT2D eigenvalue weighted by molar-refractivity contribution is 8.14. The monoisotopic (exact) mass is 250 g/mol. The molecule has 3 heteroatoms. The summed E-state index contributed by atoms with van der Waals surface area (Å²) in [5.74, 6) is 0.883. The van der Waals surface area contributed by atoms with Crippen molar-refractivity contribution >= 4 is 23.2 Å². The zero-order valence-corrected chi connectivity index (χ0v) is 11.0. The number of rotatable bonds is 7. The minimum absolute atomic E-state index is 0.0962. The normalized spacial score (nSPS) is 10.2. The van der Waals surface area contributed by atoms with Gasteiger partial charge in [-0.15, -0.1) is 0 Å². The molecule has 0 unspecified atom stereocenters. The van der Waals surface area contributed by atoms with Gasteiger partial charge < -0.3 is 0 Å². The van der Waals surface area contributed by atoms with E-state index in [1.54, 1.807) is 24.3 Å². The Balaban J connectivity index is 2.33. The number of hydrogen-bond donors (Lipinski definition) is 0. The molecule has 0 saturated carbocycles. The lowest BCUT2D eigenvalue weighted by Gasteiger charge is -2.01. The summed E-state index contributed by atoms with van der Waals surface area (Å²) in [5, 5.41) is 0.0962. The van der Waals surface area contributed by atoms with Crippen molar-refractivity contribution < 1.29 is 9.59 Å². The fraction of sp³-hybridized carbons (Fsp3) is 0.429. The molecule has 0 aliphatic heterocycles. The zero-order chi connectivity index (χ0) is 12.5. The van der Waals surface area contributed by atoms with Crippen LogP contribution in [0.15, 0.2) is 24.3 Å². The van der Waals surface area contributed by atoms with E-state index in [-0.39, 0.29) is 5.12 Å². The Morgan fingerprint density at radius 1 is 1.18 bits per heavy atom. The van der Waals surface area contributed by atoms with Gasteiger partial charge in [0.15, 0.2) is 0 Å². The molecule has 0 aromatic heterocycles. The molecule has 0 aliphatic carbocycles. The Labute approximate surface area is 107 Å². The highest BCUT2D eigenvalue weighted by atomic mass is 32.2. The van der Waals surface area contributed by atoms with Crippen molar-refractivity contribution in [2.75, 3.05) is 5.75 Å². The number of unbranched alkanes of at least 4 members (excludes halogenated alkanes) is 3. The minimum Gasteiger partial charge on any atom is -0.298 e. The largest absolute Gasteiger partial charge is 0.298 e. The van der Waals surface area contributed by atoms with Crippen molar-refractivity contribution in [3.05, 3.63) is 35.4 Å². The van der Waals surface area contributed by atoms with Gasteiger partial charge in [0.05, 0.1) is 0 Å². The van der Waals surface area contributed by atoms with Crippen molar-refractivity contribution in [2.24, 2.45) is 0 Å². The van der Waals surface area contributed by atoms with Crippen LogP contribution < -0.4 is 0 Å². The van der Waals surface area contributed by atoms with Crippen LogP contribution in [0.25, 0.3) is 0 Å². The average Bonchev–Trinajstić information content (AvgIpc) is 2.38. The van der Waals surface area contributed by atoms with E-state index in [1.807, 2.05) is 0 Å². The summed E-state index contributed by atoms with van der Waals surface area (Å²) in [6, 6.07) is 6.78. The first-order valence-electron chi connectivity index (χ1n) is 6.00. The van der Waals surface area contributed by atoms with Crippen LogP contribution in [-0.4, -0.2) is 17.2 Å². The summed E-state index contributed by atoms with van der Waals surface area (Å²) in [4.78, 5) is 22.2. The standard InChI is InChI=1S/C14H18O2S/c1-2-3-4-5-10-17-14(16)13-8-6-12(11-15)7-9-13/h6-9,11H,2-5,10H2,1H3. The Morgan fingerprint density at radius 2 is 1.88 bits per heavy atom. The molecule has 0 saturated heterocycles. The SMILES string of the molecule is CCCCCCSC(=O)c1ccc(C=O)cc1. The molecule has 0 fully saturated rings. The van der Waals surface area contributed by atoms with E-state index >= 15 is 0 Å². The Morgan fingerprint density at radius 3 is 2.47 bits per heavy atom. The van der Waals surface area contributed by atoms with E-state index in [0.29, 0.717) is 11.1 Å². The number of carbonyl (C=O) groups is 2. The highest BCUT2D eigenvalue weighted by Gasteiger charge is 2.05. The summed E-state index contributed by atoms with van der Waals surface area (Å²) < 4.78 is 0. The second-order valence-electron chi connectivity index (χ2n) is 3.94. The fourth-order valence-corrected chi connectivity index (χ4v) is 2.31. The van der Waals surface area contributed by atoms with Gasteiger partial charge in [-0.3, -0.25) is 9.59 Å². The summed E-state index contributed by atoms with van der Waals surface area (Å²) in [7, 11) is 0. The smallest absolute Gasteiger partial charge is 0.219 e. The second kappa shape index (κ2) is 8.07. The maximum atomic E-state index is 11.8. The topological polar surface area (TPSA) is 34.1 Å². The summed E-state index contributed by atoms with van der Waals surface area (Å²) in [6.45, 7) is 2.17. The third kappa shape index (κ3) is 5.18. The molecule has 17 heavy (non-hydrogen) atoms. The first-order chi connectivity index (χ1) is 8.27. The zero-order valence-electron chi connectivity index (χ0n) is 10.1. The van der Waals surface area contributed by atoms with Gasteiger partial charge in [0.25, 0.3) is 0 Å². The molecule has 0 aliphatic rings. The fourth-order valence-electron chi connectivity index (χ4n) is 1.47. The van der Waals surface area contributed by atoms with E-state index in [1.165, 1.54) is 31.0 Å². The third-order valence-corrected chi connectivity index (χ3v) is 3.50. The lowest BCUT2D eigenvalue weighted by molar-refractivity contribution is 0.108. The average molecular weight is 250 g/mol. The first-order valence-corrected chi connectivity index (χ1v) is 6.99. The van der Waals surface area contributed by atoms with E-state index in [4.69, 9.17) is 0 Å². The quantitative estimate of drug-likeness (QED) is 0.542. The summed E-state index contributed by atoms with van der Waals surface area (Å²) in [5.41, 5.74) is 1.28. The second-order valence-corrected chi connectivity index (χ2v) is 5.00. The maximum Gasteiger partial charge on any atom is 0.219 e. The van der Waals surface area contributed by atoms with E-state index in [2.05, 4.69) is 6.92 Å². The molecule has 2 nitrogen and oxygen atoms in total. The predicted octanol–water partition coefficient (Wildman–Crippen LogP) is 3.95. The maximum absolute atomic E-state index is 11.8. The van der Waals surface area contributed by atoms with Gasteiger partial charge in [0.2, 0.25) is 5.12 Å². The van der Waals surface area contributed by atoms with Gasteiger partial charge in [0.1, 0.15) is 6.29 Å². The Kier molecular flexibility index (Phi) is 6.63. The van der Waals surface area contributed by atoms with Gasteiger partial charge in [-0.25, -0.2) is 0 Å². The molecule has 1 aromatic carbocycles. The molecule has 0 heterocycles. The van der Waals surface area contributed by atoms with Gasteiger partial charge in [-0.1, -0.05) is 50.1 Å². The molecular formula is C14H18O2S. The van der Waals surface area contributed by atoms with Crippen LogP contribution in [0.1, 0.15) is 53.3 Å². The lowest BCUT2D eigenvalue weighted by atomic mass is 10.2. The van der Waals surface area contributed by atoms with Gasteiger partial charge >= 0.3 is 0 Å². The molecular weight excluding hydrogens is 232 g/mol. The van der Waals surface area contributed by atoms with E-state index in [9.17, 15) is 9.59 Å². The van der Waals surface area contributed by atoms with Crippen molar-refractivity contribution in [3.8, 4) is 0 Å². The molecule has 0 radical (unpaired) electrons. The van der Waals surface area contributed by atoms with Crippen LogP contribution in [0.4, 0.5) is 0 Å². The lowest BCUT2D eigenvalue weighted by Crippen LogP contribution is -1.95. The van der Waals surface area contributed by atoms with Crippen LogP contribution in [0.2, 0.25) is 0 Å².